The third-order valence-electron chi connectivity index (χ3n) is 1.94. The molecule has 0 aliphatic heterocycles. The molecule has 0 bridgehead atoms. The van der Waals surface area contributed by atoms with Gasteiger partial charge in [-0.2, -0.15) is 0 Å². The zero-order valence-corrected chi connectivity index (χ0v) is 7.44. The highest BCUT2D eigenvalue weighted by Crippen LogP contribution is 2.22. The van der Waals surface area contributed by atoms with E-state index in [2.05, 4.69) is 4.98 Å². The lowest BCUT2D eigenvalue weighted by Gasteiger charge is -1.99. The van der Waals surface area contributed by atoms with Gasteiger partial charge in [-0.1, -0.05) is 18.2 Å². The summed E-state index contributed by atoms with van der Waals surface area (Å²) in [6.07, 6.45) is 3.72. The summed E-state index contributed by atoms with van der Waals surface area (Å²) in [5.41, 5.74) is 8.48. The summed E-state index contributed by atoms with van der Waals surface area (Å²) in [4.78, 5) is 4.23. The number of nitrogens with two attached hydrogens (primary N) is 1. The minimum Gasteiger partial charge on any atom is -0.398 e. The second-order valence-electron chi connectivity index (χ2n) is 3.01. The summed E-state index contributed by atoms with van der Waals surface area (Å²) in [5, 5.41) is 0. The minimum atomic E-state index is 0.765. The molecule has 0 amide bonds. The summed E-state index contributed by atoms with van der Waals surface area (Å²) in [7, 11) is 1.94. The smallest absolute Gasteiger partial charge is 0.0951 e. The van der Waals surface area contributed by atoms with Gasteiger partial charge in [-0.3, -0.25) is 0 Å². The molecule has 1 heterocycles. The number of hydrogen-bond donors (Lipinski definition) is 1. The van der Waals surface area contributed by atoms with Gasteiger partial charge < -0.3 is 10.3 Å². The zero-order chi connectivity index (χ0) is 9.26. The highest BCUT2D eigenvalue weighted by Gasteiger charge is 2.02. The largest absolute Gasteiger partial charge is 0.398 e. The number of para-hydroxylation sites is 1. The molecule has 0 saturated heterocycles. The molecule has 66 valence electrons. The lowest BCUT2D eigenvalue weighted by atomic mass is 10.1. The van der Waals surface area contributed by atoms with Crippen LogP contribution in [0.25, 0.3) is 11.3 Å². The molecule has 0 unspecified atom stereocenters. The first-order chi connectivity index (χ1) is 6.27. The quantitative estimate of drug-likeness (QED) is 0.666. The first-order valence-corrected chi connectivity index (χ1v) is 4.10. The Morgan fingerprint density at radius 3 is 2.69 bits per heavy atom. The minimum absolute atomic E-state index is 0.765. The molecule has 0 fully saturated rings. The van der Waals surface area contributed by atoms with E-state index in [-0.39, 0.29) is 0 Å². The topological polar surface area (TPSA) is 43.8 Å². The Labute approximate surface area is 76.8 Å². The summed E-state index contributed by atoms with van der Waals surface area (Å²) in [5.74, 6) is 0. The molecular weight excluding hydrogens is 162 g/mol. The van der Waals surface area contributed by atoms with Crippen molar-refractivity contribution in [1.82, 2.24) is 9.55 Å². The van der Waals surface area contributed by atoms with Crippen molar-refractivity contribution in [3.8, 4) is 11.3 Å². The van der Waals surface area contributed by atoms with Gasteiger partial charge in [0.15, 0.2) is 0 Å². The number of aryl methyl sites for hydroxylation is 1. The predicted octanol–water partition coefficient (Wildman–Crippen LogP) is 1.67. The first kappa shape index (κ1) is 7.86. The van der Waals surface area contributed by atoms with Gasteiger partial charge in [0.05, 0.1) is 12.0 Å². The number of benzene rings is 1. The number of rotatable bonds is 1. The molecule has 2 N–H and O–H groups in total. The molecular formula is C10H11N3. The lowest BCUT2D eigenvalue weighted by Crippen LogP contribution is -1.88. The number of imidazole rings is 1. The molecule has 0 aliphatic rings. The Morgan fingerprint density at radius 1 is 1.31 bits per heavy atom. The number of nitrogen functional groups attached to an aromatic ring is 1. The van der Waals surface area contributed by atoms with Crippen molar-refractivity contribution in [3.05, 3.63) is 36.8 Å². The Hall–Kier alpha value is -1.77. The second kappa shape index (κ2) is 2.94. The fourth-order valence-electron chi connectivity index (χ4n) is 1.28. The normalized spacial score (nSPS) is 10.2. The average molecular weight is 173 g/mol. The summed E-state index contributed by atoms with van der Waals surface area (Å²) in [6.45, 7) is 0. The Kier molecular flexibility index (Phi) is 1.77. The first-order valence-electron chi connectivity index (χ1n) is 4.10. The van der Waals surface area contributed by atoms with Gasteiger partial charge in [0.1, 0.15) is 0 Å². The molecule has 2 aromatic rings. The van der Waals surface area contributed by atoms with E-state index >= 15 is 0 Å². The van der Waals surface area contributed by atoms with E-state index in [1.807, 2.05) is 42.1 Å². The molecule has 0 radical (unpaired) electrons. The van der Waals surface area contributed by atoms with Crippen LogP contribution < -0.4 is 5.73 Å². The third kappa shape index (κ3) is 1.40. The van der Waals surface area contributed by atoms with Gasteiger partial charge >= 0.3 is 0 Å². The van der Waals surface area contributed by atoms with Crippen LogP contribution in [-0.4, -0.2) is 9.55 Å². The van der Waals surface area contributed by atoms with E-state index in [1.54, 1.807) is 6.33 Å². The van der Waals surface area contributed by atoms with Crippen molar-refractivity contribution >= 4 is 5.69 Å². The van der Waals surface area contributed by atoms with E-state index in [4.69, 9.17) is 5.73 Å². The summed E-state index contributed by atoms with van der Waals surface area (Å²) < 4.78 is 1.90. The van der Waals surface area contributed by atoms with Crippen LogP contribution in [-0.2, 0) is 7.05 Å². The maximum atomic E-state index is 5.81. The van der Waals surface area contributed by atoms with Gasteiger partial charge in [0.2, 0.25) is 0 Å². The van der Waals surface area contributed by atoms with Crippen molar-refractivity contribution in [3.63, 3.8) is 0 Å². The third-order valence-corrected chi connectivity index (χ3v) is 1.94. The molecule has 3 heteroatoms. The van der Waals surface area contributed by atoms with E-state index < -0.39 is 0 Å². The van der Waals surface area contributed by atoms with Gasteiger partial charge in [-0.15, -0.1) is 0 Å². The highest BCUT2D eigenvalue weighted by atomic mass is 15.0. The van der Waals surface area contributed by atoms with Crippen molar-refractivity contribution in [2.45, 2.75) is 0 Å². The molecule has 0 spiro atoms. The van der Waals surface area contributed by atoms with Gasteiger partial charge in [-0.05, 0) is 6.07 Å². The van der Waals surface area contributed by atoms with E-state index in [0.717, 1.165) is 16.9 Å². The Balaban J connectivity index is 2.52. The molecule has 0 saturated carbocycles. The average Bonchev–Trinajstić information content (AvgIpc) is 2.53. The van der Waals surface area contributed by atoms with Crippen molar-refractivity contribution in [2.75, 3.05) is 5.73 Å². The highest BCUT2D eigenvalue weighted by molar-refractivity contribution is 5.72. The van der Waals surface area contributed by atoms with Crippen LogP contribution in [0.4, 0.5) is 5.69 Å². The van der Waals surface area contributed by atoms with Crippen molar-refractivity contribution < 1.29 is 0 Å². The monoisotopic (exact) mass is 173 g/mol. The van der Waals surface area contributed by atoms with Crippen LogP contribution in [0.3, 0.4) is 0 Å². The summed E-state index contributed by atoms with van der Waals surface area (Å²) in [6, 6.07) is 7.73. The second-order valence-corrected chi connectivity index (χ2v) is 3.01. The van der Waals surface area contributed by atoms with E-state index in [1.165, 1.54) is 0 Å². The van der Waals surface area contributed by atoms with Gasteiger partial charge in [0.25, 0.3) is 0 Å². The molecule has 2 rings (SSSR count). The van der Waals surface area contributed by atoms with Crippen molar-refractivity contribution in [2.24, 2.45) is 7.05 Å². The van der Waals surface area contributed by atoms with Gasteiger partial charge in [0, 0.05) is 24.5 Å². The standard InChI is InChI=1S/C10H11N3/c1-13-6-10(12-7-13)8-4-2-3-5-9(8)11/h2-7H,11H2,1H3. The maximum absolute atomic E-state index is 5.81. The molecule has 0 aliphatic carbocycles. The fourth-order valence-corrected chi connectivity index (χ4v) is 1.28. The lowest BCUT2D eigenvalue weighted by molar-refractivity contribution is 0.913. The molecule has 3 nitrogen and oxygen atoms in total. The fraction of sp³-hybridized carbons (Fsp3) is 0.100. The predicted molar refractivity (Wildman–Crippen MR) is 53.1 cm³/mol. The molecule has 13 heavy (non-hydrogen) atoms. The Morgan fingerprint density at radius 2 is 2.08 bits per heavy atom. The van der Waals surface area contributed by atoms with Crippen LogP contribution in [0.2, 0.25) is 0 Å². The molecule has 0 atom stereocenters. The van der Waals surface area contributed by atoms with Crippen LogP contribution in [0, 0.1) is 0 Å². The van der Waals surface area contributed by atoms with Gasteiger partial charge in [-0.25, -0.2) is 4.98 Å². The maximum Gasteiger partial charge on any atom is 0.0951 e. The number of nitrogens with zero attached hydrogens (tertiary/aromatic N) is 2. The van der Waals surface area contributed by atoms with E-state index in [9.17, 15) is 0 Å². The van der Waals surface area contributed by atoms with Crippen LogP contribution in [0.5, 0.6) is 0 Å². The Bertz CT molecular complexity index is 418. The molecule has 1 aromatic carbocycles. The van der Waals surface area contributed by atoms with Crippen LogP contribution >= 0.6 is 0 Å². The zero-order valence-electron chi connectivity index (χ0n) is 7.44. The van der Waals surface area contributed by atoms with Crippen LogP contribution in [0.15, 0.2) is 36.8 Å². The number of anilines is 1. The number of hydrogen-bond acceptors (Lipinski definition) is 2. The summed E-state index contributed by atoms with van der Waals surface area (Å²) >= 11 is 0. The van der Waals surface area contributed by atoms with E-state index in [0.29, 0.717) is 0 Å². The van der Waals surface area contributed by atoms with Crippen LogP contribution in [0.1, 0.15) is 0 Å². The SMILES string of the molecule is Cn1cnc(-c2ccccc2N)c1. The van der Waals surface area contributed by atoms with Crippen molar-refractivity contribution in [1.29, 1.82) is 0 Å². The molecule has 1 aromatic heterocycles. The number of aromatic nitrogens is 2.